The molecule has 1 aromatic carbocycles. The zero-order valence-corrected chi connectivity index (χ0v) is 13.0. The smallest absolute Gasteiger partial charge is 0.330 e. The molecular weight excluding hydrogens is 268 g/mol. The van der Waals surface area contributed by atoms with Crippen molar-refractivity contribution in [2.75, 3.05) is 7.11 Å². The highest BCUT2D eigenvalue weighted by Crippen LogP contribution is 2.32. The zero-order valence-electron chi connectivity index (χ0n) is 12.2. The Bertz CT molecular complexity index is 665. The highest BCUT2D eigenvalue weighted by molar-refractivity contribution is 7.16. The third-order valence-corrected chi connectivity index (χ3v) is 4.59. The SMILES string of the molecule is COC(=O)/C=C(\C)c1ccc(-c2ccc(C)c(C)c2)s1. The average molecular weight is 286 g/mol. The van der Waals surface area contributed by atoms with Gasteiger partial charge in [0.05, 0.1) is 7.11 Å². The number of carbonyl (C=O) groups excluding carboxylic acids is 1. The molecule has 0 amide bonds. The van der Waals surface area contributed by atoms with E-state index in [9.17, 15) is 4.79 Å². The molecule has 0 bridgehead atoms. The van der Waals surface area contributed by atoms with Gasteiger partial charge in [-0.1, -0.05) is 18.2 Å². The Morgan fingerprint density at radius 3 is 2.55 bits per heavy atom. The van der Waals surface area contributed by atoms with Crippen LogP contribution in [0.25, 0.3) is 16.0 Å². The van der Waals surface area contributed by atoms with Gasteiger partial charge < -0.3 is 4.74 Å². The molecule has 3 heteroatoms. The first-order valence-corrected chi connectivity index (χ1v) is 7.27. The Labute approximate surface area is 123 Å². The second-order valence-electron chi connectivity index (χ2n) is 4.81. The standard InChI is InChI=1S/C17H18O2S/c1-11-5-6-14(9-12(11)2)16-8-7-15(20-16)13(3)10-17(18)19-4/h5-10H,1-4H3/b13-10+. The van der Waals surface area contributed by atoms with Crippen molar-refractivity contribution in [3.05, 3.63) is 52.4 Å². The van der Waals surface area contributed by atoms with Crippen LogP contribution in [0.2, 0.25) is 0 Å². The van der Waals surface area contributed by atoms with E-state index in [1.807, 2.05) is 13.0 Å². The molecule has 20 heavy (non-hydrogen) atoms. The van der Waals surface area contributed by atoms with Crippen molar-refractivity contribution in [2.45, 2.75) is 20.8 Å². The highest BCUT2D eigenvalue weighted by atomic mass is 32.1. The quantitative estimate of drug-likeness (QED) is 0.608. The van der Waals surface area contributed by atoms with Crippen LogP contribution in [0.5, 0.6) is 0 Å². The normalized spacial score (nSPS) is 11.5. The van der Waals surface area contributed by atoms with Crippen molar-refractivity contribution in [1.82, 2.24) is 0 Å². The first kappa shape index (κ1) is 14.5. The summed E-state index contributed by atoms with van der Waals surface area (Å²) in [7, 11) is 1.39. The van der Waals surface area contributed by atoms with Crippen molar-refractivity contribution in [3.63, 3.8) is 0 Å². The fourth-order valence-electron chi connectivity index (χ4n) is 1.91. The maximum Gasteiger partial charge on any atom is 0.330 e. The third kappa shape index (κ3) is 3.17. The number of allylic oxidation sites excluding steroid dienone is 1. The fraction of sp³-hybridized carbons (Fsp3) is 0.235. The summed E-state index contributed by atoms with van der Waals surface area (Å²) in [5.41, 5.74) is 4.73. The molecule has 2 aromatic rings. The van der Waals surface area contributed by atoms with Crippen LogP contribution in [-0.4, -0.2) is 13.1 Å². The topological polar surface area (TPSA) is 26.3 Å². The lowest BCUT2D eigenvalue weighted by Gasteiger charge is -2.03. The Kier molecular flexibility index (Phi) is 4.40. The molecule has 0 N–H and O–H groups in total. The third-order valence-electron chi connectivity index (χ3n) is 3.32. The number of hydrogen-bond acceptors (Lipinski definition) is 3. The summed E-state index contributed by atoms with van der Waals surface area (Å²) in [5.74, 6) is -0.316. The molecule has 0 radical (unpaired) electrons. The van der Waals surface area contributed by atoms with Gasteiger partial charge in [0.2, 0.25) is 0 Å². The number of hydrogen-bond donors (Lipinski definition) is 0. The minimum absolute atomic E-state index is 0.316. The first-order chi connectivity index (χ1) is 9.51. The maximum absolute atomic E-state index is 11.3. The van der Waals surface area contributed by atoms with Crippen molar-refractivity contribution in [3.8, 4) is 10.4 Å². The second-order valence-corrected chi connectivity index (χ2v) is 5.90. The molecule has 0 fully saturated rings. The number of benzene rings is 1. The number of methoxy groups -OCH3 is 1. The first-order valence-electron chi connectivity index (χ1n) is 6.45. The Morgan fingerprint density at radius 2 is 1.90 bits per heavy atom. The van der Waals surface area contributed by atoms with E-state index in [2.05, 4.69) is 42.8 Å². The molecular formula is C17H18O2S. The van der Waals surface area contributed by atoms with Crippen LogP contribution in [0.15, 0.2) is 36.4 Å². The van der Waals surface area contributed by atoms with E-state index in [4.69, 9.17) is 0 Å². The molecule has 1 aromatic heterocycles. The number of rotatable bonds is 3. The van der Waals surface area contributed by atoms with Crippen LogP contribution in [0.1, 0.15) is 22.9 Å². The van der Waals surface area contributed by atoms with E-state index in [0.717, 1.165) is 10.5 Å². The lowest BCUT2D eigenvalue weighted by atomic mass is 10.1. The van der Waals surface area contributed by atoms with Crippen molar-refractivity contribution >= 4 is 22.9 Å². The predicted octanol–water partition coefficient (Wildman–Crippen LogP) is 4.61. The van der Waals surface area contributed by atoms with Crippen LogP contribution < -0.4 is 0 Å². The van der Waals surface area contributed by atoms with E-state index in [1.54, 1.807) is 11.3 Å². The summed E-state index contributed by atoms with van der Waals surface area (Å²) in [6, 6.07) is 10.6. The van der Waals surface area contributed by atoms with Crippen molar-refractivity contribution in [2.24, 2.45) is 0 Å². The molecule has 104 valence electrons. The molecule has 0 aliphatic rings. The van der Waals surface area contributed by atoms with Crippen molar-refractivity contribution in [1.29, 1.82) is 0 Å². The number of esters is 1. The summed E-state index contributed by atoms with van der Waals surface area (Å²) in [5, 5.41) is 0. The molecule has 0 saturated carbocycles. The highest BCUT2D eigenvalue weighted by Gasteiger charge is 2.07. The van der Waals surface area contributed by atoms with Gasteiger partial charge in [-0.05, 0) is 55.2 Å². The van der Waals surface area contributed by atoms with Gasteiger partial charge in [0.1, 0.15) is 0 Å². The molecule has 2 rings (SSSR count). The molecule has 1 heterocycles. The maximum atomic E-state index is 11.3. The summed E-state index contributed by atoms with van der Waals surface area (Å²) in [6.07, 6.45) is 1.52. The summed E-state index contributed by atoms with van der Waals surface area (Å²) >= 11 is 1.69. The van der Waals surface area contributed by atoms with Crippen LogP contribution >= 0.6 is 11.3 Å². The second kappa shape index (κ2) is 6.06. The average Bonchev–Trinajstić information content (AvgIpc) is 2.91. The van der Waals surface area contributed by atoms with E-state index < -0.39 is 0 Å². The fourth-order valence-corrected chi connectivity index (χ4v) is 2.88. The van der Waals surface area contributed by atoms with Crippen LogP contribution in [0, 0.1) is 13.8 Å². The van der Waals surface area contributed by atoms with Crippen LogP contribution in [-0.2, 0) is 9.53 Å². The monoisotopic (exact) mass is 286 g/mol. The van der Waals surface area contributed by atoms with Gasteiger partial charge in [-0.3, -0.25) is 0 Å². The Hall–Kier alpha value is -1.87. The molecule has 0 unspecified atom stereocenters. The molecule has 0 atom stereocenters. The van der Waals surface area contributed by atoms with Crippen molar-refractivity contribution < 1.29 is 9.53 Å². The lowest BCUT2D eigenvalue weighted by molar-refractivity contribution is -0.134. The molecule has 0 spiro atoms. The summed E-state index contributed by atoms with van der Waals surface area (Å²) in [6.45, 7) is 6.16. The number of ether oxygens (including phenoxy) is 1. The summed E-state index contributed by atoms with van der Waals surface area (Å²) < 4.78 is 4.65. The minimum Gasteiger partial charge on any atom is -0.466 e. The number of aryl methyl sites for hydroxylation is 2. The summed E-state index contributed by atoms with van der Waals surface area (Å²) in [4.78, 5) is 13.6. The van der Waals surface area contributed by atoms with E-state index in [0.29, 0.717) is 0 Å². The molecule has 0 saturated heterocycles. The molecule has 0 aliphatic heterocycles. The van der Waals surface area contributed by atoms with Gasteiger partial charge in [-0.2, -0.15) is 0 Å². The Balaban J connectivity index is 2.31. The Morgan fingerprint density at radius 1 is 1.15 bits per heavy atom. The zero-order chi connectivity index (χ0) is 14.7. The minimum atomic E-state index is -0.316. The van der Waals surface area contributed by atoms with Gasteiger partial charge in [0.25, 0.3) is 0 Å². The number of carbonyl (C=O) groups is 1. The van der Waals surface area contributed by atoms with Gasteiger partial charge in [-0.15, -0.1) is 11.3 Å². The largest absolute Gasteiger partial charge is 0.466 e. The molecule has 2 nitrogen and oxygen atoms in total. The molecule has 0 aliphatic carbocycles. The lowest BCUT2D eigenvalue weighted by Crippen LogP contribution is -1.94. The van der Waals surface area contributed by atoms with Gasteiger partial charge in [0.15, 0.2) is 0 Å². The number of thiophene rings is 1. The van der Waals surface area contributed by atoms with E-state index in [1.165, 1.54) is 34.8 Å². The van der Waals surface area contributed by atoms with Gasteiger partial charge in [0, 0.05) is 15.8 Å². The van der Waals surface area contributed by atoms with Crippen LogP contribution in [0.4, 0.5) is 0 Å². The van der Waals surface area contributed by atoms with E-state index >= 15 is 0 Å². The van der Waals surface area contributed by atoms with Gasteiger partial charge >= 0.3 is 5.97 Å². The van der Waals surface area contributed by atoms with E-state index in [-0.39, 0.29) is 5.97 Å². The van der Waals surface area contributed by atoms with Gasteiger partial charge in [-0.25, -0.2) is 4.79 Å². The predicted molar refractivity (Wildman–Crippen MR) is 84.9 cm³/mol. The van der Waals surface area contributed by atoms with Crippen LogP contribution in [0.3, 0.4) is 0 Å².